The number of alkyl halides is 3. The smallest absolute Gasteiger partial charge is 0.298 e. The van der Waals surface area contributed by atoms with Gasteiger partial charge in [0.15, 0.2) is 12.1 Å². The predicted molar refractivity (Wildman–Crippen MR) is 70.8 cm³/mol. The van der Waals surface area contributed by atoms with Gasteiger partial charge in [0, 0.05) is 12.4 Å². The third-order valence-corrected chi connectivity index (χ3v) is 3.09. The molecule has 112 valence electrons. The molecule has 0 saturated heterocycles. The molecular formula is C13H11ClF3N3O. The number of nitrogens with zero attached hydrogens (tertiary/aromatic N) is 3. The van der Waals surface area contributed by atoms with E-state index in [2.05, 4.69) is 10.1 Å². The SMILES string of the molecule is CC(C)c1nn(-c2ncc(C(F)(F)F)cc2Cl)cc1C=O. The van der Waals surface area contributed by atoms with Crippen LogP contribution in [0.3, 0.4) is 0 Å². The maximum atomic E-state index is 12.6. The molecule has 0 aromatic carbocycles. The Hall–Kier alpha value is -1.89. The van der Waals surface area contributed by atoms with Gasteiger partial charge in [-0.05, 0) is 12.0 Å². The van der Waals surface area contributed by atoms with Crippen LogP contribution in [-0.2, 0) is 6.18 Å². The van der Waals surface area contributed by atoms with Crippen LogP contribution in [0, 0.1) is 0 Å². The lowest BCUT2D eigenvalue weighted by molar-refractivity contribution is -0.137. The highest BCUT2D eigenvalue weighted by molar-refractivity contribution is 6.32. The fourth-order valence-electron chi connectivity index (χ4n) is 1.80. The average Bonchev–Trinajstić information content (AvgIpc) is 2.81. The van der Waals surface area contributed by atoms with E-state index in [1.165, 1.54) is 10.9 Å². The summed E-state index contributed by atoms with van der Waals surface area (Å²) in [5.41, 5.74) is -0.0615. The van der Waals surface area contributed by atoms with Gasteiger partial charge in [0.05, 0.1) is 21.8 Å². The number of halogens is 4. The minimum atomic E-state index is -4.52. The van der Waals surface area contributed by atoms with Gasteiger partial charge >= 0.3 is 6.18 Å². The van der Waals surface area contributed by atoms with Gasteiger partial charge in [-0.2, -0.15) is 18.3 Å². The summed E-state index contributed by atoms with van der Waals surface area (Å²) >= 11 is 5.84. The minimum Gasteiger partial charge on any atom is -0.298 e. The van der Waals surface area contributed by atoms with E-state index in [1.54, 1.807) is 0 Å². The first-order valence-corrected chi connectivity index (χ1v) is 6.39. The highest BCUT2D eigenvalue weighted by Gasteiger charge is 2.31. The quantitative estimate of drug-likeness (QED) is 0.807. The van der Waals surface area contributed by atoms with Gasteiger partial charge < -0.3 is 0 Å². The number of hydrogen-bond acceptors (Lipinski definition) is 3. The fraction of sp³-hybridized carbons (Fsp3) is 0.308. The monoisotopic (exact) mass is 317 g/mol. The molecule has 0 spiro atoms. The van der Waals surface area contributed by atoms with E-state index in [0.29, 0.717) is 23.7 Å². The van der Waals surface area contributed by atoms with Crippen molar-refractivity contribution in [3.8, 4) is 5.82 Å². The van der Waals surface area contributed by atoms with Gasteiger partial charge in [0.2, 0.25) is 0 Å². The van der Waals surface area contributed by atoms with Gasteiger partial charge in [-0.3, -0.25) is 4.79 Å². The van der Waals surface area contributed by atoms with Crippen LogP contribution in [0.4, 0.5) is 13.2 Å². The van der Waals surface area contributed by atoms with E-state index in [4.69, 9.17) is 11.6 Å². The molecule has 0 saturated carbocycles. The fourth-order valence-corrected chi connectivity index (χ4v) is 2.06. The molecular weight excluding hydrogens is 307 g/mol. The summed E-state index contributed by atoms with van der Waals surface area (Å²) in [4.78, 5) is 14.7. The summed E-state index contributed by atoms with van der Waals surface area (Å²) < 4.78 is 38.9. The van der Waals surface area contributed by atoms with Crippen molar-refractivity contribution in [2.24, 2.45) is 0 Å². The maximum Gasteiger partial charge on any atom is 0.417 e. The molecule has 21 heavy (non-hydrogen) atoms. The van der Waals surface area contributed by atoms with E-state index in [1.807, 2.05) is 13.8 Å². The molecule has 0 radical (unpaired) electrons. The number of aromatic nitrogens is 3. The summed E-state index contributed by atoms with van der Waals surface area (Å²) in [6.07, 6.45) is -1.81. The molecule has 0 aliphatic rings. The topological polar surface area (TPSA) is 47.8 Å². The van der Waals surface area contributed by atoms with Crippen molar-refractivity contribution in [3.63, 3.8) is 0 Å². The Labute approximate surface area is 123 Å². The van der Waals surface area contributed by atoms with Gasteiger partial charge in [0.1, 0.15) is 0 Å². The largest absolute Gasteiger partial charge is 0.417 e. The Bertz CT molecular complexity index is 680. The second-order valence-electron chi connectivity index (χ2n) is 4.71. The Morgan fingerprint density at radius 2 is 2.05 bits per heavy atom. The van der Waals surface area contributed by atoms with Crippen LogP contribution in [0.25, 0.3) is 5.82 Å². The van der Waals surface area contributed by atoms with Gasteiger partial charge in [-0.1, -0.05) is 25.4 Å². The Morgan fingerprint density at radius 3 is 2.48 bits per heavy atom. The lowest BCUT2D eigenvalue weighted by atomic mass is 10.1. The van der Waals surface area contributed by atoms with Crippen LogP contribution in [-0.4, -0.2) is 21.1 Å². The zero-order chi connectivity index (χ0) is 15.8. The van der Waals surface area contributed by atoms with Crippen LogP contribution in [0.15, 0.2) is 18.5 Å². The first-order chi connectivity index (χ1) is 9.74. The predicted octanol–water partition coefficient (Wildman–Crippen LogP) is 3.88. The molecule has 0 bridgehead atoms. The Morgan fingerprint density at radius 1 is 1.38 bits per heavy atom. The lowest BCUT2D eigenvalue weighted by Gasteiger charge is -2.09. The molecule has 0 amide bonds. The van der Waals surface area contributed by atoms with Crippen molar-refractivity contribution in [1.82, 2.24) is 14.8 Å². The molecule has 2 aromatic rings. The zero-order valence-corrected chi connectivity index (χ0v) is 11.9. The molecule has 2 rings (SSSR count). The highest BCUT2D eigenvalue weighted by Crippen LogP contribution is 2.32. The average molecular weight is 318 g/mol. The van der Waals surface area contributed by atoms with Crippen LogP contribution in [0.1, 0.15) is 41.4 Å². The molecule has 2 aromatic heterocycles. The minimum absolute atomic E-state index is 0.0142. The zero-order valence-electron chi connectivity index (χ0n) is 11.1. The molecule has 0 N–H and O–H groups in total. The van der Waals surface area contributed by atoms with Crippen molar-refractivity contribution in [1.29, 1.82) is 0 Å². The standard InChI is InChI=1S/C13H11ClF3N3O/c1-7(2)11-8(6-21)5-20(19-11)12-10(14)3-9(4-18-12)13(15,16)17/h3-7H,1-2H3. The van der Waals surface area contributed by atoms with E-state index in [9.17, 15) is 18.0 Å². The van der Waals surface area contributed by atoms with Crippen molar-refractivity contribution >= 4 is 17.9 Å². The number of carbonyl (C=O) groups excluding carboxylic acids is 1. The van der Waals surface area contributed by atoms with Crippen LogP contribution < -0.4 is 0 Å². The summed E-state index contributed by atoms with van der Waals surface area (Å²) in [5.74, 6) is 0.0272. The molecule has 2 heterocycles. The van der Waals surface area contributed by atoms with Crippen LogP contribution in [0.2, 0.25) is 5.02 Å². The third kappa shape index (κ3) is 3.07. The van der Waals surface area contributed by atoms with Gasteiger partial charge in [0.25, 0.3) is 0 Å². The molecule has 8 heteroatoms. The van der Waals surface area contributed by atoms with Crippen LogP contribution >= 0.6 is 11.6 Å². The highest BCUT2D eigenvalue weighted by atomic mass is 35.5. The van der Waals surface area contributed by atoms with E-state index >= 15 is 0 Å². The molecule has 4 nitrogen and oxygen atoms in total. The maximum absolute atomic E-state index is 12.6. The summed E-state index contributed by atoms with van der Waals surface area (Å²) in [7, 11) is 0. The first kappa shape index (κ1) is 15.5. The van der Waals surface area contributed by atoms with Crippen molar-refractivity contribution in [2.45, 2.75) is 25.9 Å². The van der Waals surface area contributed by atoms with E-state index < -0.39 is 11.7 Å². The first-order valence-electron chi connectivity index (χ1n) is 6.02. The van der Waals surface area contributed by atoms with Crippen molar-refractivity contribution in [2.75, 3.05) is 0 Å². The van der Waals surface area contributed by atoms with Gasteiger partial charge in [-0.15, -0.1) is 0 Å². The van der Waals surface area contributed by atoms with Crippen molar-refractivity contribution < 1.29 is 18.0 Å². The van der Waals surface area contributed by atoms with Gasteiger partial charge in [-0.25, -0.2) is 9.67 Å². The Balaban J connectivity index is 2.50. The lowest BCUT2D eigenvalue weighted by Crippen LogP contribution is -2.08. The number of pyridine rings is 1. The van der Waals surface area contributed by atoms with E-state index in [-0.39, 0.29) is 16.8 Å². The summed E-state index contributed by atoms with van der Waals surface area (Å²) in [6.45, 7) is 3.70. The van der Waals surface area contributed by atoms with Crippen LogP contribution in [0.5, 0.6) is 0 Å². The summed E-state index contributed by atoms with van der Waals surface area (Å²) in [5, 5.41) is 3.97. The van der Waals surface area contributed by atoms with Crippen molar-refractivity contribution in [3.05, 3.63) is 40.3 Å². The number of carbonyl (C=O) groups is 1. The number of hydrogen-bond donors (Lipinski definition) is 0. The number of rotatable bonds is 3. The number of aldehydes is 1. The second kappa shape index (κ2) is 5.48. The van der Waals surface area contributed by atoms with E-state index in [0.717, 1.165) is 6.07 Å². The third-order valence-electron chi connectivity index (χ3n) is 2.81. The molecule has 0 fully saturated rings. The molecule has 0 aliphatic carbocycles. The molecule has 0 aliphatic heterocycles. The second-order valence-corrected chi connectivity index (χ2v) is 5.12. The molecule has 0 atom stereocenters. The summed E-state index contributed by atoms with van der Waals surface area (Å²) in [6, 6.07) is 0.779. The normalized spacial score (nSPS) is 12.0. The Kier molecular flexibility index (Phi) is 4.04. The molecule has 0 unspecified atom stereocenters.